The van der Waals surface area contributed by atoms with E-state index in [2.05, 4.69) is 4.98 Å². The van der Waals surface area contributed by atoms with Gasteiger partial charge in [0.2, 0.25) is 0 Å². The highest BCUT2D eigenvalue weighted by atomic mass is 16.6. The molecule has 2 heterocycles. The summed E-state index contributed by atoms with van der Waals surface area (Å²) in [6.07, 6.45) is 1.01. The number of morpholine rings is 1. The van der Waals surface area contributed by atoms with Crippen molar-refractivity contribution >= 4 is 11.5 Å². The molecule has 1 aliphatic rings. The Balaban J connectivity index is 2.08. The van der Waals surface area contributed by atoms with E-state index in [4.69, 9.17) is 9.84 Å². The molecule has 0 amide bonds. The lowest BCUT2D eigenvalue weighted by atomic mass is 10.2. The van der Waals surface area contributed by atoms with Crippen molar-refractivity contribution in [2.45, 2.75) is 6.10 Å². The molecule has 1 N–H and O–H groups in total. The van der Waals surface area contributed by atoms with Gasteiger partial charge in [-0.2, -0.15) is 0 Å². The first kappa shape index (κ1) is 11.7. The Morgan fingerprint density at radius 2 is 2.47 bits per heavy atom. The Labute approximate surface area is 97.8 Å². The van der Waals surface area contributed by atoms with Gasteiger partial charge in [-0.1, -0.05) is 0 Å². The number of aliphatic hydroxyl groups is 1. The van der Waals surface area contributed by atoms with E-state index >= 15 is 0 Å². The van der Waals surface area contributed by atoms with Crippen LogP contribution in [0, 0.1) is 10.1 Å². The van der Waals surface area contributed by atoms with Gasteiger partial charge in [-0.05, 0) is 6.07 Å². The first-order chi connectivity index (χ1) is 8.20. The topological polar surface area (TPSA) is 88.7 Å². The zero-order chi connectivity index (χ0) is 12.3. The molecule has 1 saturated heterocycles. The van der Waals surface area contributed by atoms with E-state index in [1.807, 2.05) is 4.90 Å². The molecule has 0 spiro atoms. The number of hydrogen-bond acceptors (Lipinski definition) is 6. The minimum absolute atomic E-state index is 0.0271. The van der Waals surface area contributed by atoms with E-state index in [0.717, 1.165) is 0 Å². The fourth-order valence-electron chi connectivity index (χ4n) is 1.71. The van der Waals surface area contributed by atoms with Crippen LogP contribution >= 0.6 is 0 Å². The van der Waals surface area contributed by atoms with Crippen molar-refractivity contribution < 1.29 is 14.8 Å². The van der Waals surface area contributed by atoms with Gasteiger partial charge in [0.05, 0.1) is 24.2 Å². The van der Waals surface area contributed by atoms with Crippen molar-refractivity contribution in [3.8, 4) is 0 Å². The average molecular weight is 239 g/mol. The number of anilines is 1. The fourth-order valence-corrected chi connectivity index (χ4v) is 1.71. The Hall–Kier alpha value is -1.73. The van der Waals surface area contributed by atoms with Crippen LogP contribution in [0.15, 0.2) is 18.3 Å². The van der Waals surface area contributed by atoms with Gasteiger partial charge < -0.3 is 14.7 Å². The lowest BCUT2D eigenvalue weighted by Gasteiger charge is -2.32. The maximum absolute atomic E-state index is 10.5. The summed E-state index contributed by atoms with van der Waals surface area (Å²) in [5.74, 6) is 0.664. The van der Waals surface area contributed by atoms with Crippen LogP contribution < -0.4 is 4.90 Å². The highest BCUT2D eigenvalue weighted by Gasteiger charge is 2.21. The Kier molecular flexibility index (Phi) is 3.50. The van der Waals surface area contributed by atoms with E-state index in [1.165, 1.54) is 12.3 Å². The highest BCUT2D eigenvalue weighted by Crippen LogP contribution is 2.18. The summed E-state index contributed by atoms with van der Waals surface area (Å²) >= 11 is 0. The van der Waals surface area contributed by atoms with Crippen molar-refractivity contribution in [1.29, 1.82) is 0 Å². The molecule has 0 bridgehead atoms. The third kappa shape index (κ3) is 2.69. The van der Waals surface area contributed by atoms with Crippen molar-refractivity contribution in [1.82, 2.24) is 4.98 Å². The average Bonchev–Trinajstić information content (AvgIpc) is 2.39. The summed E-state index contributed by atoms with van der Waals surface area (Å²) in [6.45, 7) is 1.69. The summed E-state index contributed by atoms with van der Waals surface area (Å²) in [6, 6.07) is 3.03. The normalized spacial score (nSPS) is 20.3. The molecule has 7 nitrogen and oxygen atoms in total. The molecule has 17 heavy (non-hydrogen) atoms. The van der Waals surface area contributed by atoms with Crippen LogP contribution in [0.5, 0.6) is 0 Å². The summed E-state index contributed by atoms with van der Waals surface area (Å²) < 4.78 is 5.31. The summed E-state index contributed by atoms with van der Waals surface area (Å²) in [4.78, 5) is 16.0. The molecule has 1 unspecified atom stereocenters. The van der Waals surface area contributed by atoms with Gasteiger partial charge in [0.15, 0.2) is 0 Å². The van der Waals surface area contributed by atoms with E-state index in [9.17, 15) is 10.1 Å². The van der Waals surface area contributed by atoms with Gasteiger partial charge in [0.1, 0.15) is 12.0 Å². The second-order valence-electron chi connectivity index (χ2n) is 3.75. The zero-order valence-corrected chi connectivity index (χ0v) is 9.15. The molecule has 1 aromatic rings. The van der Waals surface area contributed by atoms with Gasteiger partial charge >= 0.3 is 0 Å². The van der Waals surface area contributed by atoms with Crippen LogP contribution in [-0.4, -0.2) is 47.4 Å². The minimum Gasteiger partial charge on any atom is -0.394 e. The Morgan fingerprint density at radius 1 is 1.65 bits per heavy atom. The monoisotopic (exact) mass is 239 g/mol. The molecule has 0 aromatic carbocycles. The largest absolute Gasteiger partial charge is 0.394 e. The van der Waals surface area contributed by atoms with Crippen molar-refractivity contribution in [2.24, 2.45) is 0 Å². The third-order valence-electron chi connectivity index (χ3n) is 2.61. The molecule has 0 aliphatic carbocycles. The van der Waals surface area contributed by atoms with Crippen LogP contribution in [-0.2, 0) is 4.74 Å². The van der Waals surface area contributed by atoms with Crippen LogP contribution in [0.1, 0.15) is 0 Å². The summed E-state index contributed by atoms with van der Waals surface area (Å²) in [5, 5.41) is 19.5. The second kappa shape index (κ2) is 5.07. The first-order valence-corrected chi connectivity index (χ1v) is 5.28. The molecule has 7 heteroatoms. The maximum Gasteiger partial charge on any atom is 0.287 e. The first-order valence-electron chi connectivity index (χ1n) is 5.28. The van der Waals surface area contributed by atoms with Gasteiger partial charge in [0, 0.05) is 19.2 Å². The van der Waals surface area contributed by atoms with Gasteiger partial charge in [0.25, 0.3) is 5.69 Å². The predicted molar refractivity (Wildman–Crippen MR) is 59.9 cm³/mol. The molecule has 2 rings (SSSR count). The van der Waals surface area contributed by atoms with E-state index in [1.54, 1.807) is 6.07 Å². The number of pyridine rings is 1. The fraction of sp³-hybridized carbons (Fsp3) is 0.500. The van der Waals surface area contributed by atoms with Crippen LogP contribution in [0.3, 0.4) is 0 Å². The SMILES string of the molecule is O=[N+]([O-])c1ccc(N2CCOC(CO)C2)nc1. The molecule has 1 fully saturated rings. The molecule has 0 saturated carbocycles. The number of aromatic nitrogens is 1. The number of rotatable bonds is 3. The Bertz CT molecular complexity index is 395. The number of nitrogens with zero attached hydrogens (tertiary/aromatic N) is 3. The zero-order valence-electron chi connectivity index (χ0n) is 9.15. The molecule has 0 radical (unpaired) electrons. The lowest BCUT2D eigenvalue weighted by molar-refractivity contribution is -0.385. The minimum atomic E-state index is -0.480. The van der Waals surface area contributed by atoms with E-state index < -0.39 is 4.92 Å². The van der Waals surface area contributed by atoms with Crippen molar-refractivity contribution in [3.05, 3.63) is 28.4 Å². The highest BCUT2D eigenvalue weighted by molar-refractivity contribution is 5.43. The standard InChI is InChI=1S/C10H13N3O4/c14-7-9-6-12(3-4-17-9)10-2-1-8(5-11-10)13(15)16/h1-2,5,9,14H,3-4,6-7H2. The molecular formula is C10H13N3O4. The van der Waals surface area contributed by atoms with Gasteiger partial charge in [-0.15, -0.1) is 0 Å². The van der Waals surface area contributed by atoms with Crippen molar-refractivity contribution in [2.75, 3.05) is 31.2 Å². The van der Waals surface area contributed by atoms with Crippen LogP contribution in [0.25, 0.3) is 0 Å². The van der Waals surface area contributed by atoms with Gasteiger partial charge in [-0.3, -0.25) is 10.1 Å². The summed E-state index contributed by atoms with van der Waals surface area (Å²) in [5.41, 5.74) is -0.0271. The van der Waals surface area contributed by atoms with Crippen LogP contribution in [0.4, 0.5) is 11.5 Å². The molecule has 1 atom stereocenters. The number of aliphatic hydroxyl groups excluding tert-OH is 1. The summed E-state index contributed by atoms with van der Waals surface area (Å²) in [7, 11) is 0. The second-order valence-corrected chi connectivity index (χ2v) is 3.75. The molecule has 92 valence electrons. The smallest absolute Gasteiger partial charge is 0.287 e. The van der Waals surface area contributed by atoms with Gasteiger partial charge in [-0.25, -0.2) is 4.98 Å². The molecule has 1 aromatic heterocycles. The quantitative estimate of drug-likeness (QED) is 0.598. The lowest BCUT2D eigenvalue weighted by Crippen LogP contribution is -2.44. The van der Waals surface area contributed by atoms with Crippen molar-refractivity contribution in [3.63, 3.8) is 0 Å². The number of hydrogen-bond donors (Lipinski definition) is 1. The number of ether oxygens (including phenoxy) is 1. The van der Waals surface area contributed by atoms with Crippen LogP contribution in [0.2, 0.25) is 0 Å². The molecular weight excluding hydrogens is 226 g/mol. The predicted octanol–water partition coefficient (Wildman–Crippen LogP) is 0.187. The molecule has 1 aliphatic heterocycles. The number of nitro groups is 1. The van der Waals surface area contributed by atoms with E-state index in [-0.39, 0.29) is 18.4 Å². The Morgan fingerprint density at radius 3 is 3.06 bits per heavy atom. The maximum atomic E-state index is 10.5. The third-order valence-corrected chi connectivity index (χ3v) is 2.61. The van der Waals surface area contributed by atoms with E-state index in [0.29, 0.717) is 25.5 Å².